The van der Waals surface area contributed by atoms with E-state index in [4.69, 9.17) is 10.5 Å². The minimum absolute atomic E-state index is 0.190. The first-order valence-corrected chi connectivity index (χ1v) is 6.50. The molecule has 0 aromatic heterocycles. The van der Waals surface area contributed by atoms with E-state index in [1.165, 1.54) is 14.0 Å². The maximum absolute atomic E-state index is 11.8. The number of nitrogens with one attached hydrogen (secondary N) is 2. The molecule has 0 radical (unpaired) electrons. The second-order valence-electron chi connectivity index (χ2n) is 4.48. The zero-order valence-electron chi connectivity index (χ0n) is 12.0. The molecule has 1 atom stereocenters. The molecule has 0 saturated heterocycles. The molecule has 0 aliphatic carbocycles. The predicted octanol–water partition coefficient (Wildman–Crippen LogP) is 1.72. The smallest absolute Gasteiger partial charge is 0.241 e. The van der Waals surface area contributed by atoms with E-state index in [1.807, 2.05) is 6.92 Å². The molecule has 0 spiro atoms. The Labute approximate surface area is 118 Å². The summed E-state index contributed by atoms with van der Waals surface area (Å²) in [6.45, 7) is 3.39. The second-order valence-corrected chi connectivity index (χ2v) is 4.48. The Morgan fingerprint density at radius 2 is 2.05 bits per heavy atom. The van der Waals surface area contributed by atoms with Crippen molar-refractivity contribution in [3.05, 3.63) is 18.2 Å². The molecule has 0 fully saturated rings. The van der Waals surface area contributed by atoms with Gasteiger partial charge in [-0.3, -0.25) is 9.59 Å². The quantitative estimate of drug-likeness (QED) is 0.739. The molecule has 2 amide bonds. The fraction of sp³-hybridized carbons (Fsp3) is 0.429. The third-order valence-electron chi connectivity index (χ3n) is 2.72. The van der Waals surface area contributed by atoms with Gasteiger partial charge in [-0.1, -0.05) is 13.3 Å². The van der Waals surface area contributed by atoms with Gasteiger partial charge in [0.15, 0.2) is 0 Å². The normalized spacial score (nSPS) is 11.6. The van der Waals surface area contributed by atoms with Gasteiger partial charge < -0.3 is 21.1 Å². The molecule has 0 saturated carbocycles. The summed E-state index contributed by atoms with van der Waals surface area (Å²) >= 11 is 0. The van der Waals surface area contributed by atoms with E-state index < -0.39 is 6.04 Å². The first kappa shape index (κ1) is 16.0. The summed E-state index contributed by atoms with van der Waals surface area (Å²) in [5.74, 6) is 0.0493. The van der Waals surface area contributed by atoms with Crippen LogP contribution in [0.1, 0.15) is 26.7 Å². The van der Waals surface area contributed by atoms with Crippen LogP contribution in [0.4, 0.5) is 11.4 Å². The molecular formula is C14H21N3O3. The Morgan fingerprint density at radius 1 is 1.35 bits per heavy atom. The van der Waals surface area contributed by atoms with Crippen LogP contribution < -0.4 is 21.1 Å². The van der Waals surface area contributed by atoms with Crippen LogP contribution in [0, 0.1) is 0 Å². The highest BCUT2D eigenvalue weighted by molar-refractivity contribution is 5.96. The molecule has 4 N–H and O–H groups in total. The number of nitrogens with two attached hydrogens (primary N) is 1. The Morgan fingerprint density at radius 3 is 2.60 bits per heavy atom. The van der Waals surface area contributed by atoms with Crippen molar-refractivity contribution in [1.29, 1.82) is 0 Å². The molecular weight excluding hydrogens is 258 g/mol. The number of ether oxygens (including phenoxy) is 1. The Balaban J connectivity index is 2.82. The molecule has 0 aliphatic rings. The fourth-order valence-corrected chi connectivity index (χ4v) is 1.74. The molecule has 1 aromatic carbocycles. The van der Waals surface area contributed by atoms with Crippen LogP contribution in [0.2, 0.25) is 0 Å². The van der Waals surface area contributed by atoms with Gasteiger partial charge in [-0.15, -0.1) is 0 Å². The minimum Gasteiger partial charge on any atom is -0.494 e. The van der Waals surface area contributed by atoms with Crippen molar-refractivity contribution in [1.82, 2.24) is 0 Å². The average Bonchev–Trinajstić information content (AvgIpc) is 2.40. The van der Waals surface area contributed by atoms with Crippen molar-refractivity contribution < 1.29 is 14.3 Å². The SMILES string of the molecule is CCC[C@@H](N)C(=O)Nc1ccc(NC(C)=O)c(OC)c1. The lowest BCUT2D eigenvalue weighted by atomic mass is 10.1. The fourth-order valence-electron chi connectivity index (χ4n) is 1.74. The second kappa shape index (κ2) is 7.49. The molecule has 0 unspecified atom stereocenters. The molecule has 0 heterocycles. The number of hydrogen-bond acceptors (Lipinski definition) is 4. The summed E-state index contributed by atoms with van der Waals surface area (Å²) in [4.78, 5) is 22.9. The van der Waals surface area contributed by atoms with Crippen molar-refractivity contribution in [2.75, 3.05) is 17.7 Å². The first-order valence-electron chi connectivity index (χ1n) is 6.50. The number of carbonyl (C=O) groups is 2. The maximum Gasteiger partial charge on any atom is 0.241 e. The average molecular weight is 279 g/mol. The molecule has 1 rings (SSSR count). The summed E-state index contributed by atoms with van der Waals surface area (Å²) in [6, 6.07) is 4.47. The highest BCUT2D eigenvalue weighted by Crippen LogP contribution is 2.28. The van der Waals surface area contributed by atoms with Crippen LogP contribution in [0.25, 0.3) is 0 Å². The molecule has 1 aromatic rings. The van der Waals surface area contributed by atoms with Gasteiger partial charge in [0.1, 0.15) is 5.75 Å². The van der Waals surface area contributed by atoms with E-state index >= 15 is 0 Å². The van der Waals surface area contributed by atoms with Crippen molar-refractivity contribution in [2.24, 2.45) is 5.73 Å². The molecule has 0 aliphatic heterocycles. The van der Waals surface area contributed by atoms with Gasteiger partial charge in [0.25, 0.3) is 0 Å². The largest absolute Gasteiger partial charge is 0.494 e. The molecule has 6 heteroatoms. The van der Waals surface area contributed by atoms with Crippen LogP contribution in [-0.2, 0) is 9.59 Å². The monoisotopic (exact) mass is 279 g/mol. The summed E-state index contributed by atoms with van der Waals surface area (Å²) in [6.07, 6.45) is 1.48. The molecule has 6 nitrogen and oxygen atoms in total. The topological polar surface area (TPSA) is 93.5 Å². The predicted molar refractivity (Wildman–Crippen MR) is 78.8 cm³/mol. The number of benzene rings is 1. The summed E-state index contributed by atoms with van der Waals surface area (Å²) in [5, 5.41) is 5.37. The highest BCUT2D eigenvalue weighted by atomic mass is 16.5. The third-order valence-corrected chi connectivity index (χ3v) is 2.72. The van der Waals surface area contributed by atoms with E-state index in [0.717, 1.165) is 6.42 Å². The van der Waals surface area contributed by atoms with E-state index in [0.29, 0.717) is 23.5 Å². The van der Waals surface area contributed by atoms with Gasteiger partial charge in [0.05, 0.1) is 18.8 Å². The Hall–Kier alpha value is -2.08. The van der Waals surface area contributed by atoms with Gasteiger partial charge in [0, 0.05) is 18.7 Å². The lowest BCUT2D eigenvalue weighted by Crippen LogP contribution is -2.35. The van der Waals surface area contributed by atoms with Gasteiger partial charge in [-0.25, -0.2) is 0 Å². The summed E-state index contributed by atoms with van der Waals surface area (Å²) in [5.41, 5.74) is 6.87. The van der Waals surface area contributed by atoms with Crippen LogP contribution in [0.3, 0.4) is 0 Å². The summed E-state index contributed by atoms with van der Waals surface area (Å²) in [7, 11) is 1.50. The number of carbonyl (C=O) groups excluding carboxylic acids is 2. The number of amides is 2. The standard InChI is InChI=1S/C14H21N3O3/c1-4-5-11(15)14(19)17-10-6-7-12(16-9(2)18)13(8-10)20-3/h6-8,11H,4-5,15H2,1-3H3,(H,16,18)(H,17,19)/t11-/m1/s1. The van der Waals surface area contributed by atoms with Gasteiger partial charge in [-0.05, 0) is 18.6 Å². The summed E-state index contributed by atoms with van der Waals surface area (Å²) < 4.78 is 5.18. The lowest BCUT2D eigenvalue weighted by Gasteiger charge is -2.14. The van der Waals surface area contributed by atoms with E-state index in [2.05, 4.69) is 10.6 Å². The number of anilines is 2. The van der Waals surface area contributed by atoms with Gasteiger partial charge in [-0.2, -0.15) is 0 Å². The zero-order valence-corrected chi connectivity index (χ0v) is 12.0. The maximum atomic E-state index is 11.8. The van der Waals surface area contributed by atoms with E-state index in [-0.39, 0.29) is 11.8 Å². The van der Waals surface area contributed by atoms with Crippen molar-refractivity contribution in [2.45, 2.75) is 32.7 Å². The van der Waals surface area contributed by atoms with Gasteiger partial charge >= 0.3 is 0 Å². The van der Waals surface area contributed by atoms with E-state index in [9.17, 15) is 9.59 Å². The number of methoxy groups -OCH3 is 1. The molecule has 110 valence electrons. The molecule has 0 bridgehead atoms. The zero-order chi connectivity index (χ0) is 15.1. The van der Waals surface area contributed by atoms with Crippen LogP contribution in [0.15, 0.2) is 18.2 Å². The van der Waals surface area contributed by atoms with Crippen LogP contribution in [-0.4, -0.2) is 25.0 Å². The lowest BCUT2D eigenvalue weighted by molar-refractivity contribution is -0.117. The Bertz CT molecular complexity index is 489. The number of rotatable bonds is 6. The highest BCUT2D eigenvalue weighted by Gasteiger charge is 2.13. The van der Waals surface area contributed by atoms with Crippen molar-refractivity contribution >= 4 is 23.2 Å². The molecule has 20 heavy (non-hydrogen) atoms. The van der Waals surface area contributed by atoms with Crippen molar-refractivity contribution in [3.63, 3.8) is 0 Å². The third kappa shape index (κ3) is 4.55. The number of hydrogen-bond donors (Lipinski definition) is 3. The minimum atomic E-state index is -0.527. The van der Waals surface area contributed by atoms with Crippen molar-refractivity contribution in [3.8, 4) is 5.75 Å². The Kier molecular flexibility index (Phi) is 5.99. The van der Waals surface area contributed by atoms with Crippen LogP contribution in [0.5, 0.6) is 5.75 Å². The first-order chi connectivity index (χ1) is 9.47. The van der Waals surface area contributed by atoms with Gasteiger partial charge in [0.2, 0.25) is 11.8 Å². The van der Waals surface area contributed by atoms with Crippen LogP contribution >= 0.6 is 0 Å². The van der Waals surface area contributed by atoms with E-state index in [1.54, 1.807) is 18.2 Å².